The number of nitrogens with zero attached hydrogens (tertiary/aromatic N) is 2. The monoisotopic (exact) mass is 396 g/mol. The number of rotatable bonds is 4. The number of carbonyl (C=O) groups excluding carboxylic acids is 2. The lowest BCUT2D eigenvalue weighted by molar-refractivity contribution is -0.141. The number of fused-ring (bicyclic) bond motifs is 1. The molecule has 2 aliphatic rings. The maximum absolute atomic E-state index is 12.8. The minimum Gasteiger partial charge on any atom is -0.480 e. The van der Waals surface area contributed by atoms with E-state index in [0.717, 1.165) is 15.3 Å². The number of carbonyl (C=O) groups is 3. The van der Waals surface area contributed by atoms with Crippen molar-refractivity contribution in [3.63, 3.8) is 0 Å². The Morgan fingerprint density at radius 1 is 1.30 bits per heavy atom. The highest BCUT2D eigenvalue weighted by Crippen LogP contribution is 2.33. The van der Waals surface area contributed by atoms with Crippen LogP contribution in [0.2, 0.25) is 0 Å². The van der Waals surface area contributed by atoms with Gasteiger partial charge in [0.2, 0.25) is 0 Å². The molecule has 0 spiro atoms. The molecule has 1 N–H and O–H groups in total. The smallest absolute Gasteiger partial charge is 0.326 e. The highest BCUT2D eigenvalue weighted by atomic mass is 32.2. The van der Waals surface area contributed by atoms with E-state index in [9.17, 15) is 27.9 Å². The Hall–Kier alpha value is -2.46. The second-order valence-electron chi connectivity index (χ2n) is 6.82. The van der Waals surface area contributed by atoms with E-state index < -0.39 is 46.0 Å². The zero-order chi connectivity index (χ0) is 20.1. The molecule has 2 unspecified atom stereocenters. The first-order valence-electron chi connectivity index (χ1n) is 8.39. The zero-order valence-electron chi connectivity index (χ0n) is 15.1. The summed E-state index contributed by atoms with van der Waals surface area (Å²) in [5.41, 5.74) is 0.0185. The summed E-state index contributed by atoms with van der Waals surface area (Å²) in [6.07, 6.45) is -0.258. The van der Waals surface area contributed by atoms with Crippen molar-refractivity contribution >= 4 is 27.8 Å². The van der Waals surface area contributed by atoms with Crippen molar-refractivity contribution in [1.82, 2.24) is 9.21 Å². The lowest BCUT2D eigenvalue weighted by Crippen LogP contribution is -2.40. The Balaban J connectivity index is 1.99. The normalized spacial score (nSPS) is 23.8. The molecule has 1 aromatic rings. The topological polar surface area (TPSA) is 121 Å². The second-order valence-corrected chi connectivity index (χ2v) is 8.60. The molecule has 146 valence electrons. The highest BCUT2D eigenvalue weighted by molar-refractivity contribution is 7.90. The van der Waals surface area contributed by atoms with Crippen LogP contribution in [0.4, 0.5) is 0 Å². The lowest BCUT2D eigenvalue weighted by atomic mass is 10.1. The first kappa shape index (κ1) is 19.3. The summed E-state index contributed by atoms with van der Waals surface area (Å²) in [6, 6.07) is 2.17. The van der Waals surface area contributed by atoms with Crippen molar-refractivity contribution in [2.45, 2.75) is 43.4 Å². The maximum atomic E-state index is 12.8. The molecule has 27 heavy (non-hydrogen) atoms. The van der Waals surface area contributed by atoms with E-state index in [4.69, 9.17) is 4.74 Å². The fraction of sp³-hybridized carbons (Fsp3) is 0.471. The van der Waals surface area contributed by atoms with Gasteiger partial charge in [0.15, 0.2) is 0 Å². The van der Waals surface area contributed by atoms with Crippen molar-refractivity contribution in [2.75, 3.05) is 13.7 Å². The zero-order valence-corrected chi connectivity index (χ0v) is 15.9. The van der Waals surface area contributed by atoms with E-state index >= 15 is 0 Å². The number of benzene rings is 1. The van der Waals surface area contributed by atoms with Gasteiger partial charge in [0.05, 0.1) is 11.7 Å². The Labute approximate surface area is 156 Å². The molecule has 3 rings (SSSR count). The van der Waals surface area contributed by atoms with E-state index in [1.54, 1.807) is 13.8 Å². The van der Waals surface area contributed by atoms with E-state index in [2.05, 4.69) is 0 Å². The summed E-state index contributed by atoms with van der Waals surface area (Å²) < 4.78 is 31.3. The van der Waals surface area contributed by atoms with Gasteiger partial charge in [-0.1, -0.05) is 0 Å². The third kappa shape index (κ3) is 2.98. The fourth-order valence-corrected chi connectivity index (χ4v) is 5.28. The van der Waals surface area contributed by atoms with Crippen molar-refractivity contribution in [1.29, 1.82) is 0 Å². The summed E-state index contributed by atoms with van der Waals surface area (Å²) >= 11 is 0. The summed E-state index contributed by atoms with van der Waals surface area (Å²) in [5.74, 6) is -2.41. The lowest BCUT2D eigenvalue weighted by Gasteiger charge is -2.21. The fourth-order valence-electron chi connectivity index (χ4n) is 3.48. The summed E-state index contributed by atoms with van der Waals surface area (Å²) in [5, 5.41) is 9.36. The molecular weight excluding hydrogens is 376 g/mol. The van der Waals surface area contributed by atoms with Crippen LogP contribution in [-0.4, -0.2) is 72.4 Å². The standard InChI is InChI=1S/C17H20N2O7S/c1-9(2)19-16(21)12-5-4-10(6-14(12)27(19,24)25)15(20)18-8-11(26-3)7-13(18)17(22)23/h4-6,9,11,13H,7-8H2,1-3H3,(H,22,23). The van der Waals surface area contributed by atoms with Gasteiger partial charge in [-0.25, -0.2) is 17.5 Å². The molecule has 0 radical (unpaired) electrons. The SMILES string of the molecule is COC1CC(C(=O)O)N(C(=O)c2ccc3c(c2)S(=O)(=O)N(C(C)C)C3=O)C1. The Morgan fingerprint density at radius 2 is 1.96 bits per heavy atom. The van der Waals surface area contributed by atoms with Crippen molar-refractivity contribution < 1.29 is 32.6 Å². The minimum atomic E-state index is -4.05. The Kier molecular flexibility index (Phi) is 4.73. The third-order valence-electron chi connectivity index (χ3n) is 4.81. The molecule has 0 aromatic heterocycles. The third-order valence-corrected chi connectivity index (χ3v) is 6.81. The van der Waals surface area contributed by atoms with E-state index in [0.29, 0.717) is 0 Å². The van der Waals surface area contributed by atoms with E-state index in [1.165, 1.54) is 19.2 Å². The van der Waals surface area contributed by atoms with Crippen LogP contribution in [0.25, 0.3) is 0 Å². The van der Waals surface area contributed by atoms with E-state index in [-0.39, 0.29) is 29.0 Å². The van der Waals surface area contributed by atoms with Crippen LogP contribution in [0.3, 0.4) is 0 Å². The van der Waals surface area contributed by atoms with Crippen molar-refractivity contribution in [2.24, 2.45) is 0 Å². The predicted molar refractivity (Wildman–Crippen MR) is 92.8 cm³/mol. The van der Waals surface area contributed by atoms with Crippen molar-refractivity contribution in [3.8, 4) is 0 Å². The number of hydrogen-bond donors (Lipinski definition) is 1. The Morgan fingerprint density at radius 3 is 2.52 bits per heavy atom. The molecule has 1 saturated heterocycles. The molecule has 2 amide bonds. The van der Waals surface area contributed by atoms with Crippen molar-refractivity contribution in [3.05, 3.63) is 29.3 Å². The average Bonchev–Trinajstić information content (AvgIpc) is 3.12. The van der Waals surface area contributed by atoms with Crippen LogP contribution in [-0.2, 0) is 19.6 Å². The number of likely N-dealkylation sites (tertiary alicyclic amines) is 1. The average molecular weight is 396 g/mol. The number of amides is 2. The summed E-state index contributed by atoms with van der Waals surface area (Å²) in [7, 11) is -2.61. The molecule has 0 bridgehead atoms. The summed E-state index contributed by atoms with van der Waals surface area (Å²) in [4.78, 5) is 37.6. The van der Waals surface area contributed by atoms with Crippen LogP contribution in [0.1, 0.15) is 41.0 Å². The van der Waals surface area contributed by atoms with Gasteiger partial charge >= 0.3 is 5.97 Å². The maximum Gasteiger partial charge on any atom is 0.326 e. The Bertz CT molecular complexity index is 925. The number of sulfonamides is 1. The number of hydrogen-bond acceptors (Lipinski definition) is 6. The molecule has 9 nitrogen and oxygen atoms in total. The quantitative estimate of drug-likeness (QED) is 0.789. The summed E-state index contributed by atoms with van der Waals surface area (Å²) in [6.45, 7) is 3.26. The second kappa shape index (κ2) is 6.61. The van der Waals surface area contributed by atoms with Crippen LogP contribution < -0.4 is 0 Å². The number of ether oxygens (including phenoxy) is 1. The van der Waals surface area contributed by atoms with Gasteiger partial charge < -0.3 is 14.7 Å². The van der Waals surface area contributed by atoms with Crippen LogP contribution >= 0.6 is 0 Å². The van der Waals surface area contributed by atoms with Gasteiger partial charge in [-0.15, -0.1) is 0 Å². The van der Waals surface area contributed by atoms with Gasteiger partial charge in [0.25, 0.3) is 21.8 Å². The minimum absolute atomic E-state index is 0.00576. The number of carboxylic acids is 1. The first-order chi connectivity index (χ1) is 12.6. The molecule has 2 aliphatic heterocycles. The molecule has 0 aliphatic carbocycles. The molecule has 2 atom stereocenters. The molecule has 1 aromatic carbocycles. The molecule has 0 saturated carbocycles. The van der Waals surface area contributed by atoms with Crippen LogP contribution in [0.15, 0.2) is 23.1 Å². The highest BCUT2D eigenvalue weighted by Gasteiger charge is 2.44. The number of aliphatic carboxylic acids is 1. The first-order valence-corrected chi connectivity index (χ1v) is 9.83. The van der Waals surface area contributed by atoms with Gasteiger partial charge in [-0.2, -0.15) is 0 Å². The largest absolute Gasteiger partial charge is 0.480 e. The number of carboxylic acid groups (broad SMARTS) is 1. The van der Waals surface area contributed by atoms with Crippen LogP contribution in [0, 0.1) is 0 Å². The van der Waals surface area contributed by atoms with Crippen LogP contribution in [0.5, 0.6) is 0 Å². The molecule has 2 heterocycles. The van der Waals surface area contributed by atoms with Gasteiger partial charge in [0, 0.05) is 31.7 Å². The van der Waals surface area contributed by atoms with Gasteiger partial charge in [0.1, 0.15) is 10.9 Å². The molecular formula is C17H20N2O7S. The predicted octanol–water partition coefficient (Wildman–Crippen LogP) is 0.554. The van der Waals surface area contributed by atoms with Gasteiger partial charge in [-0.05, 0) is 32.0 Å². The molecule has 1 fully saturated rings. The van der Waals surface area contributed by atoms with Gasteiger partial charge in [-0.3, -0.25) is 9.59 Å². The molecule has 10 heteroatoms. The van der Waals surface area contributed by atoms with E-state index in [1.807, 2.05) is 0 Å². The number of methoxy groups -OCH3 is 1.